The van der Waals surface area contributed by atoms with Crippen LogP contribution in [0.4, 0.5) is 11.5 Å². The number of aromatic nitrogens is 2. The summed E-state index contributed by atoms with van der Waals surface area (Å²) in [6.07, 6.45) is 1.55. The summed E-state index contributed by atoms with van der Waals surface area (Å²) in [5.74, 6) is 0.0919. The average Bonchev–Trinajstić information content (AvgIpc) is 2.83. The zero-order valence-electron chi connectivity index (χ0n) is 11.6. The highest BCUT2D eigenvalue weighted by atomic mass is 32.1. The number of methoxy groups -OCH3 is 1. The molecule has 0 saturated carbocycles. The van der Waals surface area contributed by atoms with Gasteiger partial charge in [0, 0.05) is 18.1 Å². The molecule has 0 radical (unpaired) electrons. The van der Waals surface area contributed by atoms with Gasteiger partial charge in [-0.3, -0.25) is 0 Å². The summed E-state index contributed by atoms with van der Waals surface area (Å²) in [4.78, 5) is 23.1. The van der Waals surface area contributed by atoms with Crippen LogP contribution in [-0.2, 0) is 11.3 Å². The summed E-state index contributed by atoms with van der Waals surface area (Å²) in [5, 5.41) is 0. The first-order valence-corrected chi connectivity index (χ1v) is 6.85. The average molecular weight is 292 g/mol. The summed E-state index contributed by atoms with van der Waals surface area (Å²) in [6.45, 7) is 2.60. The normalized spacial score (nSPS) is 10.3. The molecule has 106 valence electrons. The molecule has 7 heteroatoms. The molecule has 0 atom stereocenters. The number of carbonyl (C=O) groups is 1. The van der Waals surface area contributed by atoms with Gasteiger partial charge in [-0.2, -0.15) is 0 Å². The summed E-state index contributed by atoms with van der Waals surface area (Å²) in [6, 6.07) is 1.55. The third-order valence-electron chi connectivity index (χ3n) is 2.96. The Hall–Kier alpha value is -2.15. The van der Waals surface area contributed by atoms with Crippen molar-refractivity contribution in [3.63, 3.8) is 0 Å². The maximum Gasteiger partial charge on any atom is 0.340 e. The van der Waals surface area contributed by atoms with Gasteiger partial charge in [-0.1, -0.05) is 0 Å². The van der Waals surface area contributed by atoms with Crippen LogP contribution in [0.5, 0.6) is 0 Å². The Balaban J connectivity index is 2.28. The fourth-order valence-electron chi connectivity index (χ4n) is 1.82. The number of nitrogen functional groups attached to an aromatic ring is 1. The van der Waals surface area contributed by atoms with Crippen LogP contribution in [0.1, 0.15) is 20.9 Å². The van der Waals surface area contributed by atoms with Gasteiger partial charge >= 0.3 is 5.97 Å². The highest BCUT2D eigenvalue weighted by Gasteiger charge is 2.17. The Morgan fingerprint density at radius 2 is 2.25 bits per heavy atom. The largest absolute Gasteiger partial charge is 0.465 e. The van der Waals surface area contributed by atoms with E-state index >= 15 is 0 Å². The lowest BCUT2D eigenvalue weighted by atomic mass is 10.2. The molecule has 2 N–H and O–H groups in total. The van der Waals surface area contributed by atoms with Gasteiger partial charge in [-0.25, -0.2) is 14.8 Å². The zero-order chi connectivity index (χ0) is 14.7. The number of esters is 1. The minimum atomic E-state index is -0.464. The first-order valence-electron chi connectivity index (χ1n) is 5.97. The van der Waals surface area contributed by atoms with Crippen molar-refractivity contribution < 1.29 is 9.53 Å². The number of aryl methyl sites for hydroxylation is 1. The second-order valence-electron chi connectivity index (χ2n) is 4.30. The molecule has 0 aliphatic carbocycles. The quantitative estimate of drug-likeness (QED) is 0.866. The van der Waals surface area contributed by atoms with E-state index in [1.807, 2.05) is 18.9 Å². The van der Waals surface area contributed by atoms with Crippen molar-refractivity contribution in [3.05, 3.63) is 33.9 Å². The van der Waals surface area contributed by atoms with Crippen LogP contribution >= 0.6 is 11.3 Å². The number of nitrogens with two attached hydrogens (primary N) is 1. The molecule has 0 unspecified atom stereocenters. The van der Waals surface area contributed by atoms with Gasteiger partial charge in [-0.05, 0) is 13.0 Å². The Morgan fingerprint density at radius 3 is 2.85 bits per heavy atom. The lowest BCUT2D eigenvalue weighted by Gasteiger charge is -2.20. The number of thiazole rings is 1. The SMILES string of the molecule is COC(=O)c1ccnc(N(C)Cc2scnc2C)c1N. The molecule has 2 heterocycles. The van der Waals surface area contributed by atoms with Gasteiger partial charge in [0.15, 0.2) is 5.82 Å². The predicted molar refractivity (Wildman–Crippen MR) is 78.9 cm³/mol. The number of hydrogen-bond donors (Lipinski definition) is 1. The van der Waals surface area contributed by atoms with Crippen molar-refractivity contribution in [2.45, 2.75) is 13.5 Å². The second kappa shape index (κ2) is 5.87. The minimum Gasteiger partial charge on any atom is -0.465 e. The van der Waals surface area contributed by atoms with Crippen LogP contribution < -0.4 is 10.6 Å². The molecule has 2 aromatic heterocycles. The molecular formula is C13H16N4O2S. The van der Waals surface area contributed by atoms with E-state index in [9.17, 15) is 4.79 Å². The van der Waals surface area contributed by atoms with Crippen molar-refractivity contribution in [1.82, 2.24) is 9.97 Å². The van der Waals surface area contributed by atoms with E-state index in [0.29, 0.717) is 23.6 Å². The first-order chi connectivity index (χ1) is 9.54. The molecule has 6 nitrogen and oxygen atoms in total. The number of carbonyl (C=O) groups excluding carboxylic acids is 1. The van der Waals surface area contributed by atoms with Crippen molar-refractivity contribution in [2.24, 2.45) is 0 Å². The fourth-order valence-corrected chi connectivity index (χ4v) is 2.65. The lowest BCUT2D eigenvalue weighted by Crippen LogP contribution is -2.20. The van der Waals surface area contributed by atoms with Crippen LogP contribution in [0.15, 0.2) is 17.8 Å². The van der Waals surface area contributed by atoms with E-state index in [-0.39, 0.29) is 0 Å². The summed E-state index contributed by atoms with van der Waals surface area (Å²) < 4.78 is 4.70. The second-order valence-corrected chi connectivity index (χ2v) is 5.24. The van der Waals surface area contributed by atoms with Gasteiger partial charge in [-0.15, -0.1) is 11.3 Å². The van der Waals surface area contributed by atoms with Crippen LogP contribution in [0.25, 0.3) is 0 Å². The fraction of sp³-hybridized carbons (Fsp3) is 0.308. The summed E-state index contributed by atoms with van der Waals surface area (Å²) >= 11 is 1.58. The van der Waals surface area contributed by atoms with Crippen LogP contribution in [-0.4, -0.2) is 30.1 Å². The molecule has 0 saturated heterocycles. The Labute approximate surface area is 121 Å². The summed E-state index contributed by atoms with van der Waals surface area (Å²) in [7, 11) is 3.20. The number of hydrogen-bond acceptors (Lipinski definition) is 7. The van der Waals surface area contributed by atoms with Crippen molar-refractivity contribution >= 4 is 28.8 Å². The van der Waals surface area contributed by atoms with Gasteiger partial charge in [0.2, 0.25) is 0 Å². The summed E-state index contributed by atoms with van der Waals surface area (Å²) in [5.41, 5.74) is 9.45. The lowest BCUT2D eigenvalue weighted by molar-refractivity contribution is 0.0602. The number of nitrogens with zero attached hydrogens (tertiary/aromatic N) is 3. The molecule has 2 rings (SSSR count). The third-order valence-corrected chi connectivity index (χ3v) is 3.88. The molecular weight excluding hydrogens is 276 g/mol. The molecule has 20 heavy (non-hydrogen) atoms. The topological polar surface area (TPSA) is 81.3 Å². The van der Waals surface area contributed by atoms with Crippen molar-refractivity contribution in [3.8, 4) is 0 Å². The van der Waals surface area contributed by atoms with E-state index in [1.165, 1.54) is 7.11 Å². The predicted octanol–water partition coefficient (Wildman–Crippen LogP) is 1.85. The highest BCUT2D eigenvalue weighted by Crippen LogP contribution is 2.26. The molecule has 2 aromatic rings. The molecule has 0 spiro atoms. The van der Waals surface area contributed by atoms with Crippen LogP contribution in [0.3, 0.4) is 0 Å². The molecule has 0 bridgehead atoms. The zero-order valence-corrected chi connectivity index (χ0v) is 12.4. The Morgan fingerprint density at radius 1 is 1.50 bits per heavy atom. The Kier molecular flexibility index (Phi) is 4.19. The highest BCUT2D eigenvalue weighted by molar-refractivity contribution is 7.09. The smallest absolute Gasteiger partial charge is 0.340 e. The van der Waals surface area contributed by atoms with Gasteiger partial charge < -0.3 is 15.4 Å². The maximum absolute atomic E-state index is 11.6. The van der Waals surface area contributed by atoms with E-state index < -0.39 is 5.97 Å². The van der Waals surface area contributed by atoms with E-state index in [2.05, 4.69) is 9.97 Å². The first kappa shape index (κ1) is 14.3. The minimum absolute atomic E-state index is 0.323. The number of anilines is 2. The standard InChI is InChI=1S/C13H16N4O2S/c1-8-10(20-7-16-8)6-17(2)12-11(14)9(4-5-15-12)13(18)19-3/h4-5,7H,6,14H2,1-3H3. The number of rotatable bonds is 4. The van der Waals surface area contributed by atoms with Crippen LogP contribution in [0, 0.1) is 6.92 Å². The molecule has 0 aliphatic rings. The maximum atomic E-state index is 11.6. The van der Waals surface area contributed by atoms with E-state index in [1.54, 1.807) is 29.1 Å². The number of ether oxygens (including phenoxy) is 1. The van der Waals surface area contributed by atoms with Gasteiger partial charge in [0.25, 0.3) is 0 Å². The number of pyridine rings is 1. The van der Waals surface area contributed by atoms with E-state index in [4.69, 9.17) is 10.5 Å². The van der Waals surface area contributed by atoms with Crippen LogP contribution in [0.2, 0.25) is 0 Å². The monoisotopic (exact) mass is 292 g/mol. The van der Waals surface area contributed by atoms with Gasteiger partial charge in [0.05, 0.1) is 36.1 Å². The van der Waals surface area contributed by atoms with Crippen molar-refractivity contribution in [1.29, 1.82) is 0 Å². The third kappa shape index (κ3) is 2.72. The molecule has 0 aliphatic heterocycles. The molecule has 0 aromatic carbocycles. The van der Waals surface area contributed by atoms with E-state index in [0.717, 1.165) is 10.6 Å². The Bertz CT molecular complexity index is 627. The van der Waals surface area contributed by atoms with Gasteiger partial charge in [0.1, 0.15) is 0 Å². The molecule has 0 fully saturated rings. The van der Waals surface area contributed by atoms with Crippen molar-refractivity contribution in [2.75, 3.05) is 24.8 Å². The molecule has 0 amide bonds.